The Hall–Kier alpha value is -0.450. The Morgan fingerprint density at radius 1 is 1.44 bits per heavy atom. The van der Waals surface area contributed by atoms with E-state index in [9.17, 15) is 0 Å². The number of nitrogens with one attached hydrogen (secondary N) is 1. The molecule has 0 fully saturated rings. The first-order valence-corrected chi connectivity index (χ1v) is 6.68. The van der Waals surface area contributed by atoms with Crippen LogP contribution in [0.15, 0.2) is 0 Å². The summed E-state index contributed by atoms with van der Waals surface area (Å²) in [6.45, 7) is 9.12. The Bertz CT molecular complexity index is 310. The maximum atomic E-state index is 5.18. The molecule has 1 aromatic heterocycles. The molecule has 1 heterocycles. The van der Waals surface area contributed by atoms with Gasteiger partial charge >= 0.3 is 0 Å². The highest BCUT2D eigenvalue weighted by Crippen LogP contribution is 2.25. The standard InChI is InChI=1S/C12H22N2OS/c1-5-6-13-7-11-10(8-15-4)14-12(16-11)9(2)3/h9,13H,5-8H2,1-4H3. The molecule has 0 aliphatic carbocycles. The van der Waals surface area contributed by atoms with Crippen molar-refractivity contribution in [3.63, 3.8) is 0 Å². The lowest BCUT2D eigenvalue weighted by atomic mass is 10.2. The molecule has 4 heteroatoms. The Kier molecular flexibility index (Phi) is 5.95. The molecule has 3 nitrogen and oxygen atoms in total. The third kappa shape index (κ3) is 3.85. The summed E-state index contributed by atoms with van der Waals surface area (Å²) in [6.07, 6.45) is 1.16. The van der Waals surface area contributed by atoms with Gasteiger partial charge in [-0.05, 0) is 13.0 Å². The van der Waals surface area contributed by atoms with Crippen LogP contribution in [-0.4, -0.2) is 18.6 Å². The van der Waals surface area contributed by atoms with Crippen molar-refractivity contribution in [3.8, 4) is 0 Å². The second-order valence-corrected chi connectivity index (χ2v) is 5.30. The zero-order valence-electron chi connectivity index (χ0n) is 10.7. The summed E-state index contributed by atoms with van der Waals surface area (Å²) in [5.74, 6) is 0.500. The highest BCUT2D eigenvalue weighted by Gasteiger charge is 2.12. The lowest BCUT2D eigenvalue weighted by Gasteiger charge is -2.02. The van der Waals surface area contributed by atoms with Crippen LogP contribution in [0.2, 0.25) is 0 Å². The van der Waals surface area contributed by atoms with Gasteiger partial charge in [0.1, 0.15) is 0 Å². The van der Waals surface area contributed by atoms with Gasteiger partial charge in [0, 0.05) is 24.4 Å². The maximum absolute atomic E-state index is 5.18. The minimum atomic E-state index is 0.500. The molecule has 0 radical (unpaired) electrons. The van der Waals surface area contributed by atoms with E-state index in [4.69, 9.17) is 4.74 Å². The summed E-state index contributed by atoms with van der Waals surface area (Å²) >= 11 is 1.80. The van der Waals surface area contributed by atoms with E-state index < -0.39 is 0 Å². The van der Waals surface area contributed by atoms with E-state index in [1.165, 1.54) is 9.88 Å². The molecular formula is C12H22N2OS. The smallest absolute Gasteiger partial charge is 0.0958 e. The third-order valence-electron chi connectivity index (χ3n) is 2.28. The first-order valence-electron chi connectivity index (χ1n) is 5.87. The van der Waals surface area contributed by atoms with E-state index >= 15 is 0 Å². The van der Waals surface area contributed by atoms with Gasteiger partial charge < -0.3 is 10.1 Å². The van der Waals surface area contributed by atoms with Gasteiger partial charge in [0.05, 0.1) is 17.3 Å². The summed E-state index contributed by atoms with van der Waals surface area (Å²) in [5.41, 5.74) is 1.10. The highest BCUT2D eigenvalue weighted by atomic mass is 32.1. The molecule has 0 bridgehead atoms. The second-order valence-electron chi connectivity index (χ2n) is 4.19. The van der Waals surface area contributed by atoms with Gasteiger partial charge in [0.2, 0.25) is 0 Å². The quantitative estimate of drug-likeness (QED) is 0.747. The second kappa shape index (κ2) is 6.99. The Morgan fingerprint density at radius 2 is 2.19 bits per heavy atom. The number of nitrogens with zero attached hydrogens (tertiary/aromatic N) is 1. The third-order valence-corrected chi connectivity index (χ3v) is 3.68. The van der Waals surface area contributed by atoms with E-state index in [1.54, 1.807) is 18.4 Å². The van der Waals surface area contributed by atoms with Crippen LogP contribution in [0.4, 0.5) is 0 Å². The van der Waals surface area contributed by atoms with Crippen molar-refractivity contribution in [2.75, 3.05) is 13.7 Å². The predicted octanol–water partition coefficient (Wildman–Crippen LogP) is 2.91. The van der Waals surface area contributed by atoms with E-state index in [0.717, 1.165) is 25.2 Å². The minimum absolute atomic E-state index is 0.500. The number of thiazole rings is 1. The van der Waals surface area contributed by atoms with Crippen LogP contribution in [-0.2, 0) is 17.9 Å². The Balaban J connectivity index is 2.70. The maximum Gasteiger partial charge on any atom is 0.0958 e. The Morgan fingerprint density at radius 3 is 2.75 bits per heavy atom. The van der Waals surface area contributed by atoms with Crippen molar-refractivity contribution in [1.82, 2.24) is 10.3 Å². The van der Waals surface area contributed by atoms with Crippen molar-refractivity contribution in [1.29, 1.82) is 0 Å². The van der Waals surface area contributed by atoms with Crippen molar-refractivity contribution in [3.05, 3.63) is 15.6 Å². The summed E-state index contributed by atoms with van der Waals surface area (Å²) < 4.78 is 5.18. The molecule has 1 aromatic rings. The lowest BCUT2D eigenvalue weighted by molar-refractivity contribution is 0.181. The molecule has 0 aromatic carbocycles. The number of hydrogen-bond acceptors (Lipinski definition) is 4. The van der Waals surface area contributed by atoms with Crippen LogP contribution in [0.1, 0.15) is 48.7 Å². The van der Waals surface area contributed by atoms with Crippen LogP contribution in [0.25, 0.3) is 0 Å². The van der Waals surface area contributed by atoms with Gasteiger partial charge in [0.25, 0.3) is 0 Å². The number of aromatic nitrogens is 1. The van der Waals surface area contributed by atoms with Crippen LogP contribution < -0.4 is 5.32 Å². The number of hydrogen-bond donors (Lipinski definition) is 1. The molecule has 92 valence electrons. The van der Waals surface area contributed by atoms with Gasteiger partial charge in [-0.25, -0.2) is 4.98 Å². The molecule has 0 atom stereocenters. The molecule has 0 saturated heterocycles. The monoisotopic (exact) mass is 242 g/mol. The summed E-state index contributed by atoms with van der Waals surface area (Å²) in [6, 6.07) is 0. The van der Waals surface area contributed by atoms with Crippen LogP contribution >= 0.6 is 11.3 Å². The largest absolute Gasteiger partial charge is 0.378 e. The predicted molar refractivity (Wildman–Crippen MR) is 68.9 cm³/mol. The van der Waals surface area contributed by atoms with Gasteiger partial charge in [0.15, 0.2) is 0 Å². The van der Waals surface area contributed by atoms with Crippen molar-refractivity contribution in [2.24, 2.45) is 0 Å². The molecule has 0 amide bonds. The number of methoxy groups -OCH3 is 1. The minimum Gasteiger partial charge on any atom is -0.378 e. The lowest BCUT2D eigenvalue weighted by Crippen LogP contribution is -2.14. The first-order chi connectivity index (χ1) is 7.69. The van der Waals surface area contributed by atoms with Crippen LogP contribution in [0.3, 0.4) is 0 Å². The summed E-state index contributed by atoms with van der Waals surface area (Å²) in [5, 5.41) is 4.63. The fourth-order valence-electron chi connectivity index (χ4n) is 1.42. The highest BCUT2D eigenvalue weighted by molar-refractivity contribution is 7.11. The van der Waals surface area contributed by atoms with Gasteiger partial charge in [-0.2, -0.15) is 0 Å². The van der Waals surface area contributed by atoms with E-state index in [-0.39, 0.29) is 0 Å². The SMILES string of the molecule is CCCNCc1sc(C(C)C)nc1COC. The van der Waals surface area contributed by atoms with E-state index in [1.807, 2.05) is 0 Å². The Labute approximate surface area is 102 Å². The van der Waals surface area contributed by atoms with E-state index in [0.29, 0.717) is 12.5 Å². The van der Waals surface area contributed by atoms with Crippen molar-refractivity contribution in [2.45, 2.75) is 46.3 Å². The van der Waals surface area contributed by atoms with Crippen molar-refractivity contribution >= 4 is 11.3 Å². The summed E-state index contributed by atoms with van der Waals surface area (Å²) in [4.78, 5) is 5.95. The normalized spacial score (nSPS) is 11.3. The molecule has 1 N–H and O–H groups in total. The number of ether oxygens (including phenoxy) is 1. The zero-order valence-corrected chi connectivity index (χ0v) is 11.5. The molecule has 0 unspecified atom stereocenters. The fourth-order valence-corrected chi connectivity index (χ4v) is 2.46. The molecule has 0 saturated carbocycles. The fraction of sp³-hybridized carbons (Fsp3) is 0.750. The average Bonchev–Trinajstić information content (AvgIpc) is 2.63. The molecule has 0 aliphatic heterocycles. The van der Waals surface area contributed by atoms with Gasteiger partial charge in [-0.3, -0.25) is 0 Å². The molecule has 0 aliphatic rings. The molecule has 1 rings (SSSR count). The topological polar surface area (TPSA) is 34.2 Å². The first kappa shape index (κ1) is 13.6. The van der Waals surface area contributed by atoms with Crippen LogP contribution in [0, 0.1) is 0 Å². The van der Waals surface area contributed by atoms with E-state index in [2.05, 4.69) is 31.1 Å². The molecule has 16 heavy (non-hydrogen) atoms. The van der Waals surface area contributed by atoms with Crippen LogP contribution in [0.5, 0.6) is 0 Å². The van der Waals surface area contributed by atoms with Gasteiger partial charge in [-0.15, -0.1) is 11.3 Å². The van der Waals surface area contributed by atoms with Crippen molar-refractivity contribution < 1.29 is 4.74 Å². The summed E-state index contributed by atoms with van der Waals surface area (Å²) in [7, 11) is 1.72. The number of rotatable bonds is 7. The van der Waals surface area contributed by atoms with Gasteiger partial charge in [-0.1, -0.05) is 20.8 Å². The zero-order chi connectivity index (χ0) is 12.0. The average molecular weight is 242 g/mol. The molecular weight excluding hydrogens is 220 g/mol. The molecule has 0 spiro atoms.